The normalized spacial score (nSPS) is 21.8. The highest BCUT2D eigenvalue weighted by Crippen LogP contribution is 2.30. The lowest BCUT2D eigenvalue weighted by Gasteiger charge is -2.01. The number of fused-ring (bicyclic) bond motifs is 1. The van der Waals surface area contributed by atoms with Crippen molar-refractivity contribution in [2.45, 2.75) is 18.9 Å². The number of hydrogen-bond acceptors (Lipinski definition) is 2. The van der Waals surface area contributed by atoms with E-state index in [0.29, 0.717) is 5.15 Å². The van der Waals surface area contributed by atoms with Crippen molar-refractivity contribution >= 4 is 11.6 Å². The van der Waals surface area contributed by atoms with Crippen LogP contribution in [0.25, 0.3) is 0 Å². The molecule has 0 radical (unpaired) electrons. The lowest BCUT2D eigenvalue weighted by molar-refractivity contribution is 0.180. The SMILES string of the molecule is OC1CCc2nc(Cl)ccc21. The second-order valence-electron chi connectivity index (χ2n) is 2.72. The highest BCUT2D eigenvalue weighted by atomic mass is 35.5. The van der Waals surface area contributed by atoms with E-state index in [1.54, 1.807) is 6.07 Å². The van der Waals surface area contributed by atoms with Crippen LogP contribution in [0.3, 0.4) is 0 Å². The molecule has 0 amide bonds. The topological polar surface area (TPSA) is 33.1 Å². The van der Waals surface area contributed by atoms with Crippen molar-refractivity contribution in [3.05, 3.63) is 28.5 Å². The third-order valence-corrected chi connectivity index (χ3v) is 2.20. The van der Waals surface area contributed by atoms with Crippen molar-refractivity contribution < 1.29 is 5.11 Å². The van der Waals surface area contributed by atoms with Crippen LogP contribution in [0.4, 0.5) is 0 Å². The summed E-state index contributed by atoms with van der Waals surface area (Å²) in [6.45, 7) is 0. The highest BCUT2D eigenvalue weighted by molar-refractivity contribution is 6.29. The molecule has 1 heterocycles. The molecule has 11 heavy (non-hydrogen) atoms. The Labute approximate surface area is 69.8 Å². The minimum atomic E-state index is -0.324. The fraction of sp³-hybridized carbons (Fsp3) is 0.375. The first-order valence-electron chi connectivity index (χ1n) is 3.61. The van der Waals surface area contributed by atoms with Gasteiger partial charge in [0.25, 0.3) is 0 Å². The van der Waals surface area contributed by atoms with Gasteiger partial charge in [0.15, 0.2) is 0 Å². The molecule has 1 N–H and O–H groups in total. The quantitative estimate of drug-likeness (QED) is 0.600. The molecule has 1 atom stereocenters. The Bertz CT molecular complexity index is 287. The average molecular weight is 170 g/mol. The van der Waals surface area contributed by atoms with Crippen molar-refractivity contribution in [2.75, 3.05) is 0 Å². The molecule has 1 aliphatic carbocycles. The summed E-state index contributed by atoms with van der Waals surface area (Å²) in [5, 5.41) is 9.90. The summed E-state index contributed by atoms with van der Waals surface area (Å²) in [6, 6.07) is 3.57. The van der Waals surface area contributed by atoms with Gasteiger partial charge in [0, 0.05) is 11.3 Å². The molecule has 2 nitrogen and oxygen atoms in total. The van der Waals surface area contributed by atoms with Crippen molar-refractivity contribution in [2.24, 2.45) is 0 Å². The van der Waals surface area contributed by atoms with E-state index in [0.717, 1.165) is 24.1 Å². The maximum atomic E-state index is 9.39. The molecule has 3 heteroatoms. The van der Waals surface area contributed by atoms with Crippen LogP contribution in [0, 0.1) is 0 Å². The van der Waals surface area contributed by atoms with Gasteiger partial charge in [0.1, 0.15) is 5.15 Å². The second kappa shape index (κ2) is 2.47. The summed E-state index contributed by atoms with van der Waals surface area (Å²) in [6.07, 6.45) is 1.30. The predicted octanol–water partition coefficient (Wildman–Crippen LogP) is 1.71. The largest absolute Gasteiger partial charge is 0.388 e. The number of aromatic nitrogens is 1. The number of aryl methyl sites for hydroxylation is 1. The number of rotatable bonds is 0. The minimum Gasteiger partial charge on any atom is -0.388 e. The number of nitrogens with zero attached hydrogens (tertiary/aromatic N) is 1. The molecular weight excluding hydrogens is 162 g/mol. The number of halogens is 1. The molecule has 1 aromatic heterocycles. The lowest BCUT2D eigenvalue weighted by Crippen LogP contribution is -1.91. The number of pyridine rings is 1. The molecule has 1 unspecified atom stereocenters. The summed E-state index contributed by atoms with van der Waals surface area (Å²) in [5.41, 5.74) is 1.89. The third-order valence-electron chi connectivity index (χ3n) is 1.99. The fourth-order valence-corrected chi connectivity index (χ4v) is 1.58. The van der Waals surface area contributed by atoms with E-state index in [1.807, 2.05) is 6.07 Å². The van der Waals surface area contributed by atoms with Gasteiger partial charge in [-0.25, -0.2) is 4.98 Å². The molecular formula is C8H8ClNO. The predicted molar refractivity (Wildman–Crippen MR) is 42.5 cm³/mol. The zero-order chi connectivity index (χ0) is 7.84. The molecule has 0 aromatic carbocycles. The van der Waals surface area contributed by atoms with Gasteiger partial charge in [-0.05, 0) is 18.9 Å². The van der Waals surface area contributed by atoms with Crippen LogP contribution in [0.5, 0.6) is 0 Å². The van der Waals surface area contributed by atoms with E-state index in [-0.39, 0.29) is 6.10 Å². The van der Waals surface area contributed by atoms with Crippen molar-refractivity contribution in [1.82, 2.24) is 4.98 Å². The van der Waals surface area contributed by atoms with Gasteiger partial charge in [-0.1, -0.05) is 17.7 Å². The summed E-state index contributed by atoms with van der Waals surface area (Å²) in [4.78, 5) is 4.11. The first-order chi connectivity index (χ1) is 5.27. The molecule has 1 aliphatic rings. The van der Waals surface area contributed by atoms with Gasteiger partial charge >= 0.3 is 0 Å². The number of aliphatic hydroxyl groups excluding tert-OH is 1. The van der Waals surface area contributed by atoms with Crippen molar-refractivity contribution in [3.8, 4) is 0 Å². The van der Waals surface area contributed by atoms with Crippen LogP contribution in [0.15, 0.2) is 12.1 Å². The van der Waals surface area contributed by atoms with Gasteiger partial charge in [-0.3, -0.25) is 0 Å². The smallest absolute Gasteiger partial charge is 0.129 e. The molecule has 0 saturated carbocycles. The van der Waals surface area contributed by atoms with Gasteiger partial charge in [-0.15, -0.1) is 0 Å². The first-order valence-corrected chi connectivity index (χ1v) is 3.98. The van der Waals surface area contributed by atoms with Gasteiger partial charge in [0.05, 0.1) is 6.10 Å². The van der Waals surface area contributed by atoms with Gasteiger partial charge < -0.3 is 5.11 Å². The summed E-state index contributed by atoms with van der Waals surface area (Å²) in [7, 11) is 0. The summed E-state index contributed by atoms with van der Waals surface area (Å²) in [5.74, 6) is 0. The van der Waals surface area contributed by atoms with Crippen molar-refractivity contribution in [3.63, 3.8) is 0 Å². The number of hydrogen-bond donors (Lipinski definition) is 1. The Hall–Kier alpha value is -0.600. The maximum absolute atomic E-state index is 9.39. The Balaban J connectivity index is 2.50. The van der Waals surface area contributed by atoms with Crippen LogP contribution >= 0.6 is 11.6 Å². The monoisotopic (exact) mass is 169 g/mol. The van der Waals surface area contributed by atoms with Crippen molar-refractivity contribution in [1.29, 1.82) is 0 Å². The van der Waals surface area contributed by atoms with Crippen LogP contribution in [0.2, 0.25) is 5.15 Å². The average Bonchev–Trinajstić information content (AvgIpc) is 2.32. The lowest BCUT2D eigenvalue weighted by atomic mass is 10.2. The Morgan fingerprint density at radius 1 is 1.55 bits per heavy atom. The molecule has 0 aliphatic heterocycles. The van der Waals surface area contributed by atoms with E-state index < -0.39 is 0 Å². The zero-order valence-electron chi connectivity index (χ0n) is 5.92. The van der Waals surface area contributed by atoms with Gasteiger partial charge in [0.2, 0.25) is 0 Å². The molecule has 1 aromatic rings. The molecule has 2 rings (SSSR count). The van der Waals surface area contributed by atoms with Crippen LogP contribution in [-0.4, -0.2) is 10.1 Å². The molecule has 0 fully saturated rings. The standard InChI is InChI=1S/C8H8ClNO/c9-8-4-1-5-6(10-8)2-3-7(5)11/h1,4,7,11H,2-3H2. The Kier molecular flexibility index (Phi) is 1.59. The van der Waals surface area contributed by atoms with E-state index in [4.69, 9.17) is 11.6 Å². The minimum absolute atomic E-state index is 0.324. The van der Waals surface area contributed by atoms with Gasteiger partial charge in [-0.2, -0.15) is 0 Å². The van der Waals surface area contributed by atoms with Crippen LogP contribution in [-0.2, 0) is 6.42 Å². The molecule has 0 spiro atoms. The van der Waals surface area contributed by atoms with E-state index >= 15 is 0 Å². The molecule has 0 saturated heterocycles. The first kappa shape index (κ1) is 7.07. The molecule has 0 bridgehead atoms. The summed E-state index contributed by atoms with van der Waals surface area (Å²) < 4.78 is 0. The van der Waals surface area contributed by atoms with Crippen LogP contribution in [0.1, 0.15) is 23.8 Å². The zero-order valence-corrected chi connectivity index (χ0v) is 6.67. The second-order valence-corrected chi connectivity index (χ2v) is 3.11. The van der Waals surface area contributed by atoms with E-state index in [9.17, 15) is 5.11 Å². The number of aliphatic hydroxyl groups is 1. The Morgan fingerprint density at radius 2 is 2.36 bits per heavy atom. The van der Waals surface area contributed by atoms with E-state index in [2.05, 4.69) is 4.98 Å². The molecule has 58 valence electrons. The van der Waals surface area contributed by atoms with Crippen LogP contribution < -0.4 is 0 Å². The maximum Gasteiger partial charge on any atom is 0.129 e. The summed E-state index contributed by atoms with van der Waals surface area (Å²) >= 11 is 5.68. The fourth-order valence-electron chi connectivity index (χ4n) is 1.42. The highest BCUT2D eigenvalue weighted by Gasteiger charge is 2.20. The third kappa shape index (κ3) is 1.12. The Morgan fingerprint density at radius 3 is 3.18 bits per heavy atom. The van der Waals surface area contributed by atoms with E-state index in [1.165, 1.54) is 0 Å².